The molecule has 1 aliphatic heterocycles. The molecule has 1 aliphatic rings. The van der Waals surface area contributed by atoms with Gasteiger partial charge in [-0.25, -0.2) is 13.9 Å². The zero-order valence-electron chi connectivity index (χ0n) is 23.4. The third-order valence-electron chi connectivity index (χ3n) is 6.64. The van der Waals surface area contributed by atoms with Gasteiger partial charge < -0.3 is 19.5 Å². The van der Waals surface area contributed by atoms with Crippen LogP contribution in [0.3, 0.4) is 0 Å². The molecule has 0 saturated heterocycles. The summed E-state index contributed by atoms with van der Waals surface area (Å²) in [6.07, 6.45) is 0.969. The minimum absolute atomic E-state index is 0.0874. The number of carbonyl (C=O) groups excluding carboxylic acids is 1. The van der Waals surface area contributed by atoms with Gasteiger partial charge in [0.25, 0.3) is 0 Å². The van der Waals surface area contributed by atoms with E-state index < -0.39 is 17.8 Å². The number of aromatic nitrogens is 3. The number of hydrogen-bond donors (Lipinski definition) is 1. The van der Waals surface area contributed by atoms with E-state index in [0.29, 0.717) is 39.4 Å². The first kappa shape index (κ1) is 29.5. The SMILES string of the molecule is CCCSc1nc2n(n1)C(c1ccc(OCc3c(F)cccc3Cl)c(OC)c1)C(C(=O)OCc1ccccc1)=C(C)N2. The van der Waals surface area contributed by atoms with Crippen LogP contribution in [0.2, 0.25) is 5.02 Å². The first-order chi connectivity index (χ1) is 20.4. The highest BCUT2D eigenvalue weighted by molar-refractivity contribution is 7.99. The second-order valence-electron chi connectivity index (χ2n) is 9.54. The number of nitrogens with one attached hydrogen (secondary N) is 1. The molecule has 8 nitrogen and oxygen atoms in total. The molecule has 1 N–H and O–H groups in total. The summed E-state index contributed by atoms with van der Waals surface area (Å²) in [4.78, 5) is 18.3. The van der Waals surface area contributed by atoms with E-state index in [1.54, 1.807) is 34.6 Å². The van der Waals surface area contributed by atoms with Crippen LogP contribution in [0, 0.1) is 5.82 Å². The molecule has 5 rings (SSSR count). The zero-order chi connectivity index (χ0) is 29.6. The molecule has 0 fully saturated rings. The molecule has 0 bridgehead atoms. The number of methoxy groups -OCH3 is 1. The van der Waals surface area contributed by atoms with Crippen molar-refractivity contribution in [1.29, 1.82) is 0 Å². The normalized spacial score (nSPS) is 14.3. The first-order valence-corrected chi connectivity index (χ1v) is 14.8. The van der Waals surface area contributed by atoms with Crippen LogP contribution in [0.15, 0.2) is 83.2 Å². The van der Waals surface area contributed by atoms with Crippen molar-refractivity contribution in [2.75, 3.05) is 18.2 Å². The van der Waals surface area contributed by atoms with Gasteiger partial charge in [0, 0.05) is 17.0 Å². The smallest absolute Gasteiger partial charge is 0.338 e. The van der Waals surface area contributed by atoms with E-state index in [1.165, 1.54) is 19.2 Å². The van der Waals surface area contributed by atoms with E-state index in [1.807, 2.05) is 43.3 Å². The molecule has 0 aliphatic carbocycles. The average molecular weight is 609 g/mol. The van der Waals surface area contributed by atoms with Crippen molar-refractivity contribution in [1.82, 2.24) is 14.8 Å². The van der Waals surface area contributed by atoms with Crippen molar-refractivity contribution in [2.24, 2.45) is 0 Å². The number of nitrogens with zero attached hydrogens (tertiary/aromatic N) is 3. The molecule has 1 atom stereocenters. The van der Waals surface area contributed by atoms with Crippen LogP contribution in [0.1, 0.15) is 43.0 Å². The molecule has 11 heteroatoms. The number of fused-ring (bicyclic) bond motifs is 1. The van der Waals surface area contributed by atoms with E-state index in [9.17, 15) is 9.18 Å². The Morgan fingerprint density at radius 3 is 2.64 bits per heavy atom. The average Bonchev–Trinajstić information content (AvgIpc) is 3.40. The Labute approximate surface area is 252 Å². The topological polar surface area (TPSA) is 87.5 Å². The maximum atomic E-state index is 14.3. The van der Waals surface area contributed by atoms with E-state index in [2.05, 4.69) is 17.2 Å². The molecule has 42 heavy (non-hydrogen) atoms. The number of esters is 1. The number of thioether (sulfide) groups is 1. The van der Waals surface area contributed by atoms with Gasteiger partial charge in [0.15, 0.2) is 11.5 Å². The lowest BCUT2D eigenvalue weighted by Gasteiger charge is -2.28. The largest absolute Gasteiger partial charge is 0.493 e. The van der Waals surface area contributed by atoms with Gasteiger partial charge in [-0.1, -0.05) is 72.8 Å². The second-order valence-corrected chi connectivity index (χ2v) is 11.0. The number of allylic oxidation sites excluding steroid dienone is 1. The van der Waals surface area contributed by atoms with E-state index in [-0.39, 0.29) is 23.8 Å². The van der Waals surface area contributed by atoms with Gasteiger partial charge in [0.05, 0.1) is 17.7 Å². The Balaban J connectivity index is 1.48. The third kappa shape index (κ3) is 6.39. The maximum Gasteiger partial charge on any atom is 0.338 e. The van der Waals surface area contributed by atoms with Crippen molar-refractivity contribution in [2.45, 2.75) is 44.7 Å². The second kappa shape index (κ2) is 13.3. The summed E-state index contributed by atoms with van der Waals surface area (Å²) in [6.45, 7) is 3.94. The first-order valence-electron chi connectivity index (χ1n) is 13.4. The molecule has 4 aromatic rings. The van der Waals surface area contributed by atoms with Crippen molar-refractivity contribution in [3.05, 3.63) is 106 Å². The quantitative estimate of drug-likeness (QED) is 0.141. The molecule has 0 amide bonds. The van der Waals surface area contributed by atoms with Crippen molar-refractivity contribution in [3.8, 4) is 11.5 Å². The number of rotatable bonds is 11. The van der Waals surface area contributed by atoms with Gasteiger partial charge in [-0.3, -0.25) is 0 Å². The summed E-state index contributed by atoms with van der Waals surface area (Å²) in [7, 11) is 1.51. The highest BCUT2D eigenvalue weighted by atomic mass is 35.5. The van der Waals surface area contributed by atoms with Crippen LogP contribution in [0.5, 0.6) is 11.5 Å². The standard InChI is InChI=1S/C31H30ClFN4O4S/c1-4-15-42-31-35-30-34-19(2)27(29(38)41-17-20-9-6-5-7-10-20)28(37(30)36-31)21-13-14-25(26(16-21)39-3)40-18-22-23(32)11-8-12-24(22)33/h5-14,16,28H,4,15,17-18H2,1-3H3,(H,34,35,36). The number of hydrogen-bond acceptors (Lipinski definition) is 8. The highest BCUT2D eigenvalue weighted by Gasteiger charge is 2.36. The number of benzene rings is 3. The molecular weight excluding hydrogens is 579 g/mol. The number of carbonyl (C=O) groups is 1. The van der Waals surface area contributed by atoms with Gasteiger partial charge in [0.2, 0.25) is 11.1 Å². The fourth-order valence-corrected chi connectivity index (χ4v) is 5.45. The Kier molecular flexibility index (Phi) is 9.34. The van der Waals surface area contributed by atoms with Gasteiger partial charge in [0.1, 0.15) is 25.1 Å². The lowest BCUT2D eigenvalue weighted by atomic mass is 9.95. The van der Waals surface area contributed by atoms with Crippen molar-refractivity contribution in [3.63, 3.8) is 0 Å². The molecule has 0 spiro atoms. The van der Waals surface area contributed by atoms with Crippen molar-refractivity contribution >= 4 is 35.3 Å². The Hall–Kier alpha value is -4.02. The van der Waals surface area contributed by atoms with Gasteiger partial charge in [-0.15, -0.1) is 5.10 Å². The molecule has 0 radical (unpaired) electrons. The number of anilines is 1. The van der Waals surface area contributed by atoms with E-state index in [4.69, 9.17) is 30.9 Å². The number of ether oxygens (including phenoxy) is 3. The summed E-state index contributed by atoms with van der Waals surface area (Å²) >= 11 is 7.72. The van der Waals surface area contributed by atoms with Crippen LogP contribution in [0.4, 0.5) is 10.3 Å². The van der Waals surface area contributed by atoms with Crippen LogP contribution in [-0.2, 0) is 22.7 Å². The minimum atomic E-state index is -0.656. The van der Waals surface area contributed by atoms with E-state index >= 15 is 0 Å². The molecule has 1 unspecified atom stereocenters. The van der Waals surface area contributed by atoms with Gasteiger partial charge >= 0.3 is 5.97 Å². The Morgan fingerprint density at radius 2 is 1.90 bits per heavy atom. The highest BCUT2D eigenvalue weighted by Crippen LogP contribution is 2.40. The third-order valence-corrected chi connectivity index (χ3v) is 8.04. The summed E-state index contributed by atoms with van der Waals surface area (Å²) < 4.78 is 33.3. The summed E-state index contributed by atoms with van der Waals surface area (Å²) in [5, 5.41) is 8.84. The van der Waals surface area contributed by atoms with Crippen LogP contribution in [-0.4, -0.2) is 33.6 Å². The van der Waals surface area contributed by atoms with E-state index in [0.717, 1.165) is 17.7 Å². The molecule has 3 aromatic carbocycles. The zero-order valence-corrected chi connectivity index (χ0v) is 25.0. The molecular formula is C31H30ClFN4O4S. The predicted molar refractivity (Wildman–Crippen MR) is 160 cm³/mol. The predicted octanol–water partition coefficient (Wildman–Crippen LogP) is 7.19. The van der Waals surface area contributed by atoms with Gasteiger partial charge in [-0.05, 0) is 48.7 Å². The molecule has 1 aromatic heterocycles. The lowest BCUT2D eigenvalue weighted by Crippen LogP contribution is -2.29. The van der Waals surface area contributed by atoms with Crippen molar-refractivity contribution < 1.29 is 23.4 Å². The maximum absolute atomic E-state index is 14.3. The fraction of sp³-hybridized carbons (Fsp3) is 0.258. The number of halogens is 2. The van der Waals surface area contributed by atoms with Gasteiger partial charge in [-0.2, -0.15) is 4.98 Å². The molecule has 2 heterocycles. The van der Waals surface area contributed by atoms with Crippen LogP contribution in [0.25, 0.3) is 0 Å². The fourth-order valence-electron chi connectivity index (χ4n) is 4.55. The molecule has 0 saturated carbocycles. The van der Waals surface area contributed by atoms with Crippen LogP contribution >= 0.6 is 23.4 Å². The summed E-state index contributed by atoms with van der Waals surface area (Å²) in [5.74, 6) is 1.23. The summed E-state index contributed by atoms with van der Waals surface area (Å²) in [5.41, 5.74) is 2.83. The molecule has 218 valence electrons. The summed E-state index contributed by atoms with van der Waals surface area (Å²) in [6, 6.07) is 18.6. The monoisotopic (exact) mass is 608 g/mol. The minimum Gasteiger partial charge on any atom is -0.493 e. The van der Waals surface area contributed by atoms with Crippen LogP contribution < -0.4 is 14.8 Å². The Bertz CT molecular complexity index is 1590. The lowest BCUT2D eigenvalue weighted by molar-refractivity contribution is -0.140. The Morgan fingerprint density at radius 1 is 1.10 bits per heavy atom.